The highest BCUT2D eigenvalue weighted by atomic mass is 32.2. The first-order valence-electron chi connectivity index (χ1n) is 8.10. The van der Waals surface area contributed by atoms with E-state index in [2.05, 4.69) is 42.7 Å². The van der Waals surface area contributed by atoms with Crippen LogP contribution in [0.4, 0.5) is 11.5 Å². The van der Waals surface area contributed by atoms with E-state index < -0.39 is 10.0 Å². The average Bonchev–Trinajstić information content (AvgIpc) is 2.54. The molecule has 1 heterocycles. The summed E-state index contributed by atoms with van der Waals surface area (Å²) in [6, 6.07) is 10.4. The Balaban J connectivity index is 2.08. The van der Waals surface area contributed by atoms with Crippen molar-refractivity contribution < 1.29 is 8.42 Å². The van der Waals surface area contributed by atoms with Crippen LogP contribution in [-0.4, -0.2) is 19.9 Å². The predicted octanol–water partition coefficient (Wildman–Crippen LogP) is 4.07. The van der Waals surface area contributed by atoms with Crippen LogP contribution in [0, 0.1) is 5.92 Å². The van der Waals surface area contributed by atoms with Gasteiger partial charge in [-0.25, -0.2) is 13.4 Å². The van der Waals surface area contributed by atoms with Gasteiger partial charge in [-0.05, 0) is 41.7 Å². The number of sulfonamides is 1. The zero-order valence-corrected chi connectivity index (χ0v) is 15.4. The van der Waals surface area contributed by atoms with Gasteiger partial charge in [0.2, 0.25) is 0 Å². The van der Waals surface area contributed by atoms with E-state index in [9.17, 15) is 8.42 Å². The smallest absolute Gasteiger partial charge is 0.263 e. The molecule has 0 unspecified atom stereocenters. The van der Waals surface area contributed by atoms with Gasteiger partial charge in [0.15, 0.2) is 0 Å². The average molecular weight is 347 g/mol. The molecule has 130 valence electrons. The van der Waals surface area contributed by atoms with Gasteiger partial charge in [0, 0.05) is 6.54 Å². The molecular formula is C18H25N3O2S. The van der Waals surface area contributed by atoms with Crippen LogP contribution >= 0.6 is 0 Å². The zero-order valence-electron chi connectivity index (χ0n) is 14.6. The molecule has 24 heavy (non-hydrogen) atoms. The maximum absolute atomic E-state index is 12.4. The Hall–Kier alpha value is -2.08. The lowest BCUT2D eigenvalue weighted by Gasteiger charge is -2.11. The highest BCUT2D eigenvalue weighted by Gasteiger charge is 2.15. The molecule has 0 aliphatic rings. The maximum atomic E-state index is 12.4. The molecule has 0 saturated heterocycles. The summed E-state index contributed by atoms with van der Waals surface area (Å²) < 4.78 is 27.3. The Bertz CT molecular complexity index is 752. The summed E-state index contributed by atoms with van der Waals surface area (Å²) in [6.45, 7) is 9.22. The summed E-state index contributed by atoms with van der Waals surface area (Å²) >= 11 is 0. The minimum atomic E-state index is -3.63. The number of anilines is 2. The SMILES string of the molecule is CC(C)CNc1ccc(NS(=O)(=O)c2ccc(C(C)C)cc2)nc1. The van der Waals surface area contributed by atoms with E-state index in [0.717, 1.165) is 17.8 Å². The van der Waals surface area contributed by atoms with Crippen LogP contribution in [0.25, 0.3) is 0 Å². The fourth-order valence-corrected chi connectivity index (χ4v) is 3.12. The molecular weight excluding hydrogens is 322 g/mol. The van der Waals surface area contributed by atoms with Gasteiger partial charge in [-0.2, -0.15) is 0 Å². The van der Waals surface area contributed by atoms with E-state index in [0.29, 0.717) is 17.7 Å². The fourth-order valence-electron chi connectivity index (χ4n) is 2.11. The van der Waals surface area contributed by atoms with E-state index in [-0.39, 0.29) is 4.90 Å². The number of rotatable bonds is 7. The van der Waals surface area contributed by atoms with Crippen LogP contribution in [0.5, 0.6) is 0 Å². The minimum absolute atomic E-state index is 0.232. The Labute approximate surface area is 144 Å². The molecule has 6 heteroatoms. The number of aromatic nitrogens is 1. The number of nitrogens with one attached hydrogen (secondary N) is 2. The highest BCUT2D eigenvalue weighted by Crippen LogP contribution is 2.19. The molecule has 0 bridgehead atoms. The van der Waals surface area contributed by atoms with Crippen molar-refractivity contribution in [2.75, 3.05) is 16.6 Å². The van der Waals surface area contributed by atoms with Crippen LogP contribution in [0.15, 0.2) is 47.5 Å². The lowest BCUT2D eigenvalue weighted by Crippen LogP contribution is -2.14. The van der Waals surface area contributed by atoms with E-state index in [1.54, 1.807) is 24.4 Å². The van der Waals surface area contributed by atoms with Crippen molar-refractivity contribution in [2.45, 2.75) is 38.5 Å². The molecule has 1 aromatic heterocycles. The molecule has 2 rings (SSSR count). The number of hydrogen-bond donors (Lipinski definition) is 2. The van der Waals surface area contributed by atoms with Gasteiger partial charge in [-0.1, -0.05) is 39.8 Å². The summed E-state index contributed by atoms with van der Waals surface area (Å²) in [5.74, 6) is 1.19. The third kappa shape index (κ3) is 4.96. The summed E-state index contributed by atoms with van der Waals surface area (Å²) in [5.41, 5.74) is 1.97. The summed E-state index contributed by atoms with van der Waals surface area (Å²) in [7, 11) is -3.63. The van der Waals surface area contributed by atoms with Gasteiger partial charge in [0.25, 0.3) is 10.0 Å². The maximum Gasteiger partial charge on any atom is 0.263 e. The normalized spacial score (nSPS) is 11.8. The largest absolute Gasteiger partial charge is 0.384 e. The molecule has 0 amide bonds. The van der Waals surface area contributed by atoms with Crippen LogP contribution in [0.3, 0.4) is 0 Å². The standard InChI is InChI=1S/C18H25N3O2S/c1-13(2)11-19-16-7-10-18(20-12-16)21-24(22,23)17-8-5-15(6-9-17)14(3)4/h5-10,12-14,19H,11H2,1-4H3,(H,20,21). The van der Waals surface area contributed by atoms with Crippen molar-refractivity contribution >= 4 is 21.5 Å². The molecule has 0 atom stereocenters. The summed E-state index contributed by atoms with van der Waals surface area (Å²) in [5, 5.41) is 3.24. The molecule has 5 nitrogen and oxygen atoms in total. The van der Waals surface area contributed by atoms with Crippen molar-refractivity contribution in [3.8, 4) is 0 Å². The monoisotopic (exact) mass is 347 g/mol. The van der Waals surface area contributed by atoms with Crippen molar-refractivity contribution in [2.24, 2.45) is 5.92 Å². The Morgan fingerprint density at radius 3 is 2.17 bits per heavy atom. The third-order valence-electron chi connectivity index (χ3n) is 3.57. The molecule has 1 aromatic carbocycles. The number of pyridine rings is 1. The Kier molecular flexibility index (Phi) is 5.83. The number of benzene rings is 1. The lowest BCUT2D eigenvalue weighted by molar-refractivity contribution is 0.601. The summed E-state index contributed by atoms with van der Waals surface area (Å²) in [6.07, 6.45) is 1.63. The van der Waals surface area contributed by atoms with E-state index >= 15 is 0 Å². The van der Waals surface area contributed by atoms with E-state index in [4.69, 9.17) is 0 Å². The van der Waals surface area contributed by atoms with Crippen LogP contribution < -0.4 is 10.0 Å². The minimum Gasteiger partial charge on any atom is -0.384 e. The molecule has 0 aliphatic carbocycles. The predicted molar refractivity (Wildman–Crippen MR) is 98.9 cm³/mol. The zero-order chi connectivity index (χ0) is 17.7. The molecule has 0 radical (unpaired) electrons. The third-order valence-corrected chi connectivity index (χ3v) is 4.94. The van der Waals surface area contributed by atoms with Gasteiger partial charge in [-0.3, -0.25) is 4.72 Å². The molecule has 0 saturated carbocycles. The second-order valence-electron chi connectivity index (χ2n) is 6.54. The second kappa shape index (κ2) is 7.66. The second-order valence-corrected chi connectivity index (χ2v) is 8.22. The Morgan fingerprint density at radius 2 is 1.67 bits per heavy atom. The van der Waals surface area contributed by atoms with Crippen LogP contribution in [0.1, 0.15) is 39.2 Å². The number of hydrogen-bond acceptors (Lipinski definition) is 4. The van der Waals surface area contributed by atoms with Gasteiger partial charge in [0.1, 0.15) is 5.82 Å². The molecule has 2 aromatic rings. The van der Waals surface area contributed by atoms with Crippen molar-refractivity contribution in [1.29, 1.82) is 0 Å². The molecule has 2 N–H and O–H groups in total. The van der Waals surface area contributed by atoms with Crippen LogP contribution in [0.2, 0.25) is 0 Å². The lowest BCUT2D eigenvalue weighted by atomic mass is 10.0. The van der Waals surface area contributed by atoms with Crippen molar-refractivity contribution in [3.05, 3.63) is 48.2 Å². The van der Waals surface area contributed by atoms with Gasteiger partial charge >= 0.3 is 0 Å². The molecule has 0 aliphatic heterocycles. The summed E-state index contributed by atoms with van der Waals surface area (Å²) in [4.78, 5) is 4.39. The van der Waals surface area contributed by atoms with E-state index in [1.807, 2.05) is 18.2 Å². The van der Waals surface area contributed by atoms with E-state index in [1.165, 1.54) is 0 Å². The van der Waals surface area contributed by atoms with Crippen molar-refractivity contribution in [3.63, 3.8) is 0 Å². The topological polar surface area (TPSA) is 71.1 Å². The van der Waals surface area contributed by atoms with Crippen molar-refractivity contribution in [1.82, 2.24) is 4.98 Å². The van der Waals surface area contributed by atoms with Gasteiger partial charge < -0.3 is 5.32 Å². The quantitative estimate of drug-likeness (QED) is 0.792. The van der Waals surface area contributed by atoms with Gasteiger partial charge in [-0.15, -0.1) is 0 Å². The molecule has 0 spiro atoms. The number of nitrogens with zero attached hydrogens (tertiary/aromatic N) is 1. The first-order chi connectivity index (χ1) is 11.3. The highest BCUT2D eigenvalue weighted by molar-refractivity contribution is 7.92. The first-order valence-corrected chi connectivity index (χ1v) is 9.59. The van der Waals surface area contributed by atoms with Crippen LogP contribution in [-0.2, 0) is 10.0 Å². The first kappa shape index (κ1) is 18.3. The Morgan fingerprint density at radius 1 is 1.00 bits per heavy atom. The molecule has 0 fully saturated rings. The fraction of sp³-hybridized carbons (Fsp3) is 0.389. The van der Waals surface area contributed by atoms with Gasteiger partial charge in [0.05, 0.1) is 16.8 Å².